The average molecular weight is 127 g/mol. The number of nitrogens with zero attached hydrogens (tertiary/aromatic N) is 2. The van der Waals surface area contributed by atoms with Gasteiger partial charge in [0.25, 0.3) is 0 Å². The van der Waals surface area contributed by atoms with Gasteiger partial charge in [0, 0.05) is 6.54 Å². The molecule has 0 bridgehead atoms. The first-order chi connectivity index (χ1) is 4.22. The lowest BCUT2D eigenvalue weighted by atomic mass is 10.4. The van der Waals surface area contributed by atoms with Crippen LogP contribution in [0.25, 0.3) is 0 Å². The van der Waals surface area contributed by atoms with Crippen molar-refractivity contribution < 1.29 is 0 Å². The summed E-state index contributed by atoms with van der Waals surface area (Å²) in [5, 5.41) is 0. The van der Waals surface area contributed by atoms with E-state index in [1.54, 1.807) is 0 Å². The average Bonchev–Trinajstić information content (AvgIpc) is 2.13. The van der Waals surface area contributed by atoms with E-state index in [9.17, 15) is 0 Å². The minimum absolute atomic E-state index is 0.122. The fourth-order valence-corrected chi connectivity index (χ4v) is 1.07. The Hall–Kier alpha value is -0.570. The molecule has 9 heavy (non-hydrogen) atoms. The molecule has 1 rings (SSSR count). The van der Waals surface area contributed by atoms with E-state index in [4.69, 9.17) is 5.73 Å². The van der Waals surface area contributed by atoms with Crippen LogP contribution < -0.4 is 5.73 Å². The smallest absolute Gasteiger partial charge is 0.0971 e. The highest BCUT2D eigenvalue weighted by molar-refractivity contribution is 5.81. The van der Waals surface area contributed by atoms with E-state index in [0.29, 0.717) is 0 Å². The Labute approximate surface area is 55.6 Å². The molecule has 0 radical (unpaired) electrons. The molecule has 3 heteroatoms. The van der Waals surface area contributed by atoms with Crippen molar-refractivity contribution in [1.29, 1.82) is 0 Å². The van der Waals surface area contributed by atoms with Crippen LogP contribution in [0.5, 0.6) is 0 Å². The lowest BCUT2D eigenvalue weighted by molar-refractivity contribution is 0.364. The molecule has 2 N–H and O–H groups in total. The quantitative estimate of drug-likeness (QED) is 0.539. The molecular formula is C6H13N3. The van der Waals surface area contributed by atoms with Crippen LogP contribution in [0, 0.1) is 0 Å². The molecule has 1 aliphatic heterocycles. The van der Waals surface area contributed by atoms with E-state index in [1.165, 1.54) is 0 Å². The van der Waals surface area contributed by atoms with Crippen LogP contribution in [-0.4, -0.2) is 30.0 Å². The predicted octanol–water partition coefficient (Wildman–Crippen LogP) is 0.0251. The topological polar surface area (TPSA) is 41.6 Å². The molecule has 0 aromatic heterocycles. The highest BCUT2D eigenvalue weighted by Crippen LogP contribution is 2.01. The van der Waals surface area contributed by atoms with Crippen LogP contribution in [0.3, 0.4) is 0 Å². The van der Waals surface area contributed by atoms with Gasteiger partial charge < -0.3 is 10.6 Å². The van der Waals surface area contributed by atoms with Crippen LogP contribution in [0.4, 0.5) is 0 Å². The molecule has 1 atom stereocenters. The van der Waals surface area contributed by atoms with E-state index < -0.39 is 0 Å². The SMILES string of the molecule is CC1=NCCN1C(C)N. The van der Waals surface area contributed by atoms with E-state index in [1.807, 2.05) is 13.8 Å². The third kappa shape index (κ3) is 1.21. The van der Waals surface area contributed by atoms with Crippen molar-refractivity contribution in [2.75, 3.05) is 13.1 Å². The zero-order valence-corrected chi connectivity index (χ0v) is 5.96. The molecule has 1 heterocycles. The fraction of sp³-hybridized carbons (Fsp3) is 0.833. The van der Waals surface area contributed by atoms with Gasteiger partial charge in [-0.2, -0.15) is 0 Å². The first-order valence-corrected chi connectivity index (χ1v) is 3.25. The Morgan fingerprint density at radius 2 is 2.44 bits per heavy atom. The summed E-state index contributed by atoms with van der Waals surface area (Å²) in [7, 11) is 0. The Kier molecular flexibility index (Phi) is 1.71. The maximum Gasteiger partial charge on any atom is 0.0971 e. The Bertz CT molecular complexity index is 128. The maximum atomic E-state index is 5.63. The fourth-order valence-electron chi connectivity index (χ4n) is 1.07. The summed E-state index contributed by atoms with van der Waals surface area (Å²) in [6.07, 6.45) is 0.122. The third-order valence-electron chi connectivity index (χ3n) is 1.59. The first kappa shape index (κ1) is 6.55. The summed E-state index contributed by atoms with van der Waals surface area (Å²) < 4.78 is 0. The van der Waals surface area contributed by atoms with Gasteiger partial charge in [-0.15, -0.1) is 0 Å². The number of rotatable bonds is 1. The third-order valence-corrected chi connectivity index (χ3v) is 1.59. The monoisotopic (exact) mass is 127 g/mol. The second kappa shape index (κ2) is 2.35. The lowest BCUT2D eigenvalue weighted by Crippen LogP contribution is -2.40. The zero-order chi connectivity index (χ0) is 6.85. The molecule has 52 valence electrons. The van der Waals surface area contributed by atoms with Gasteiger partial charge in [-0.25, -0.2) is 0 Å². The van der Waals surface area contributed by atoms with Gasteiger partial charge in [0.2, 0.25) is 0 Å². The van der Waals surface area contributed by atoms with E-state index in [0.717, 1.165) is 18.9 Å². The van der Waals surface area contributed by atoms with Crippen molar-refractivity contribution in [2.45, 2.75) is 20.0 Å². The number of hydrogen-bond donors (Lipinski definition) is 1. The number of aliphatic imine (C=N–C) groups is 1. The van der Waals surface area contributed by atoms with Crippen molar-refractivity contribution in [2.24, 2.45) is 10.7 Å². The zero-order valence-electron chi connectivity index (χ0n) is 5.96. The molecular weight excluding hydrogens is 114 g/mol. The molecule has 3 nitrogen and oxygen atoms in total. The normalized spacial score (nSPS) is 22.1. The molecule has 0 saturated heterocycles. The summed E-state index contributed by atoms with van der Waals surface area (Å²) in [4.78, 5) is 6.30. The van der Waals surface area contributed by atoms with Crippen LogP contribution in [0.15, 0.2) is 4.99 Å². The number of nitrogens with two attached hydrogens (primary N) is 1. The van der Waals surface area contributed by atoms with Crippen molar-refractivity contribution in [3.05, 3.63) is 0 Å². The van der Waals surface area contributed by atoms with Gasteiger partial charge in [0.1, 0.15) is 0 Å². The Morgan fingerprint density at radius 1 is 1.78 bits per heavy atom. The molecule has 1 aliphatic rings. The second-order valence-electron chi connectivity index (χ2n) is 2.36. The summed E-state index contributed by atoms with van der Waals surface area (Å²) in [5.74, 6) is 1.07. The van der Waals surface area contributed by atoms with Crippen LogP contribution in [0.1, 0.15) is 13.8 Å². The summed E-state index contributed by atoms with van der Waals surface area (Å²) in [6.45, 7) is 5.87. The van der Waals surface area contributed by atoms with Crippen LogP contribution >= 0.6 is 0 Å². The summed E-state index contributed by atoms with van der Waals surface area (Å²) in [6, 6.07) is 0. The predicted molar refractivity (Wildman–Crippen MR) is 38.3 cm³/mol. The Morgan fingerprint density at radius 3 is 2.67 bits per heavy atom. The summed E-state index contributed by atoms with van der Waals surface area (Å²) >= 11 is 0. The van der Waals surface area contributed by atoms with Crippen molar-refractivity contribution in [3.63, 3.8) is 0 Å². The lowest BCUT2D eigenvalue weighted by Gasteiger charge is -2.21. The minimum atomic E-state index is 0.122. The largest absolute Gasteiger partial charge is 0.344 e. The van der Waals surface area contributed by atoms with E-state index in [2.05, 4.69) is 9.89 Å². The second-order valence-corrected chi connectivity index (χ2v) is 2.36. The molecule has 1 unspecified atom stereocenters. The van der Waals surface area contributed by atoms with Gasteiger partial charge in [0.15, 0.2) is 0 Å². The molecule has 0 amide bonds. The van der Waals surface area contributed by atoms with Crippen molar-refractivity contribution in [3.8, 4) is 0 Å². The molecule has 0 spiro atoms. The van der Waals surface area contributed by atoms with Gasteiger partial charge in [-0.05, 0) is 13.8 Å². The highest BCUT2D eigenvalue weighted by Gasteiger charge is 2.14. The van der Waals surface area contributed by atoms with Crippen LogP contribution in [0.2, 0.25) is 0 Å². The van der Waals surface area contributed by atoms with Gasteiger partial charge in [-0.3, -0.25) is 4.99 Å². The molecule has 0 aliphatic carbocycles. The number of amidine groups is 1. The first-order valence-electron chi connectivity index (χ1n) is 3.25. The summed E-state index contributed by atoms with van der Waals surface area (Å²) in [5.41, 5.74) is 5.63. The highest BCUT2D eigenvalue weighted by atomic mass is 15.3. The molecule has 0 fully saturated rings. The molecule has 0 aromatic carbocycles. The van der Waals surface area contributed by atoms with Gasteiger partial charge >= 0.3 is 0 Å². The molecule has 0 saturated carbocycles. The van der Waals surface area contributed by atoms with E-state index in [-0.39, 0.29) is 6.17 Å². The maximum absolute atomic E-state index is 5.63. The molecule has 0 aromatic rings. The van der Waals surface area contributed by atoms with Crippen molar-refractivity contribution >= 4 is 5.84 Å². The number of hydrogen-bond acceptors (Lipinski definition) is 3. The minimum Gasteiger partial charge on any atom is -0.344 e. The van der Waals surface area contributed by atoms with Gasteiger partial charge in [0.05, 0.1) is 18.5 Å². The van der Waals surface area contributed by atoms with Crippen molar-refractivity contribution in [1.82, 2.24) is 4.90 Å². The van der Waals surface area contributed by atoms with Gasteiger partial charge in [-0.1, -0.05) is 0 Å². The standard InChI is InChI=1S/C6H13N3/c1-5(7)9-4-3-8-6(9)2/h5H,3-4,7H2,1-2H3. The van der Waals surface area contributed by atoms with Crippen LogP contribution in [-0.2, 0) is 0 Å². The Balaban J connectivity index is 2.53. The van der Waals surface area contributed by atoms with E-state index >= 15 is 0 Å².